The lowest BCUT2D eigenvalue weighted by atomic mass is 10.1. The van der Waals surface area contributed by atoms with Crippen molar-refractivity contribution in [1.82, 2.24) is 4.98 Å². The predicted molar refractivity (Wildman–Crippen MR) is 133 cm³/mol. The molecule has 1 aliphatic rings. The molecule has 0 atom stereocenters. The van der Waals surface area contributed by atoms with E-state index in [4.69, 9.17) is 9.47 Å². The molecule has 7 heteroatoms. The average Bonchev–Trinajstić information content (AvgIpc) is 3.41. The Labute approximate surface area is 195 Å². The molecule has 0 saturated heterocycles. The maximum atomic E-state index is 10.4. The Morgan fingerprint density at radius 1 is 1.00 bits per heavy atom. The summed E-state index contributed by atoms with van der Waals surface area (Å²) in [5.41, 5.74) is 4.69. The van der Waals surface area contributed by atoms with Gasteiger partial charge in [0.15, 0.2) is 5.13 Å². The van der Waals surface area contributed by atoms with Gasteiger partial charge in [0, 0.05) is 23.0 Å². The van der Waals surface area contributed by atoms with Crippen molar-refractivity contribution < 1.29 is 14.6 Å². The summed E-state index contributed by atoms with van der Waals surface area (Å²) in [4.78, 5) is 9.38. The van der Waals surface area contributed by atoms with E-state index in [0.29, 0.717) is 16.6 Å². The largest absolute Gasteiger partial charge is 0.497 e. The molecule has 0 saturated carbocycles. The second-order valence-electron chi connectivity index (χ2n) is 7.37. The second kappa shape index (κ2) is 9.18. The Morgan fingerprint density at radius 2 is 1.79 bits per heavy atom. The van der Waals surface area contributed by atoms with E-state index in [2.05, 4.69) is 15.3 Å². The first-order valence-electron chi connectivity index (χ1n) is 10.4. The van der Waals surface area contributed by atoms with Crippen molar-refractivity contribution in [2.75, 3.05) is 12.4 Å². The molecule has 6 nitrogen and oxygen atoms in total. The number of aromatic hydroxyl groups is 1. The molecule has 164 valence electrons. The highest BCUT2D eigenvalue weighted by Crippen LogP contribution is 2.39. The molecule has 5 rings (SSSR count). The van der Waals surface area contributed by atoms with Gasteiger partial charge in [-0.3, -0.25) is 4.99 Å². The summed E-state index contributed by atoms with van der Waals surface area (Å²) in [5, 5.41) is 14.2. The Balaban J connectivity index is 1.34. The van der Waals surface area contributed by atoms with Gasteiger partial charge in [0.05, 0.1) is 17.7 Å². The highest BCUT2D eigenvalue weighted by Gasteiger charge is 2.16. The smallest absolute Gasteiger partial charge is 0.231 e. The Kier molecular flexibility index (Phi) is 5.78. The summed E-state index contributed by atoms with van der Waals surface area (Å²) in [5.74, 6) is 1.52. The third-order valence-electron chi connectivity index (χ3n) is 5.13. The second-order valence-corrected chi connectivity index (χ2v) is 8.40. The van der Waals surface area contributed by atoms with Crippen LogP contribution in [0.2, 0.25) is 0 Å². The molecule has 33 heavy (non-hydrogen) atoms. The topological polar surface area (TPSA) is 76.0 Å². The first-order valence-corrected chi connectivity index (χ1v) is 11.2. The zero-order valence-corrected chi connectivity index (χ0v) is 18.7. The highest BCUT2D eigenvalue weighted by atomic mass is 32.1. The molecule has 2 N–H and O–H groups in total. The van der Waals surface area contributed by atoms with Gasteiger partial charge in [0.1, 0.15) is 18.1 Å². The van der Waals surface area contributed by atoms with Gasteiger partial charge in [-0.1, -0.05) is 41.7 Å². The van der Waals surface area contributed by atoms with Crippen LogP contribution in [-0.4, -0.2) is 23.4 Å². The number of aromatic nitrogens is 1. The molecule has 0 aliphatic carbocycles. The minimum absolute atomic E-state index is 0.0261. The number of hydrogen-bond donors (Lipinski definition) is 2. The van der Waals surface area contributed by atoms with Crippen molar-refractivity contribution in [3.8, 4) is 17.4 Å². The van der Waals surface area contributed by atoms with Gasteiger partial charge in [0.25, 0.3) is 0 Å². The van der Waals surface area contributed by atoms with Crippen LogP contribution in [0.4, 0.5) is 16.5 Å². The number of allylic oxidation sites excluding steroid dienone is 1. The van der Waals surface area contributed by atoms with Crippen LogP contribution >= 0.6 is 11.3 Å². The molecule has 0 amide bonds. The molecule has 0 unspecified atom stereocenters. The summed E-state index contributed by atoms with van der Waals surface area (Å²) >= 11 is 1.36. The number of thiazole rings is 1. The SMILES string of the molecule is COc1ccc(Nc2nc(O)c(C=C3C=Nc4ccc(OCc5ccccc5)cc43)s2)cc1. The number of benzene rings is 3. The number of nitrogens with one attached hydrogen (secondary N) is 1. The van der Waals surface area contributed by atoms with Crippen molar-refractivity contribution in [3.63, 3.8) is 0 Å². The van der Waals surface area contributed by atoms with Crippen LogP contribution in [0.25, 0.3) is 11.6 Å². The number of anilines is 2. The normalized spacial score (nSPS) is 13.2. The van der Waals surface area contributed by atoms with Crippen molar-refractivity contribution in [3.05, 3.63) is 88.8 Å². The average molecular weight is 456 g/mol. The predicted octanol–water partition coefficient (Wildman–Crippen LogP) is 6.44. The van der Waals surface area contributed by atoms with Crippen molar-refractivity contribution in [2.24, 2.45) is 4.99 Å². The van der Waals surface area contributed by atoms with Crippen molar-refractivity contribution in [2.45, 2.75) is 6.61 Å². The van der Waals surface area contributed by atoms with Gasteiger partial charge in [0.2, 0.25) is 5.88 Å². The van der Waals surface area contributed by atoms with E-state index in [1.165, 1.54) is 11.3 Å². The zero-order valence-electron chi connectivity index (χ0n) is 17.9. The fourth-order valence-corrected chi connectivity index (χ4v) is 4.26. The minimum Gasteiger partial charge on any atom is -0.497 e. The first kappa shape index (κ1) is 20.8. The molecule has 2 heterocycles. The lowest BCUT2D eigenvalue weighted by Crippen LogP contribution is -1.95. The van der Waals surface area contributed by atoms with E-state index in [0.717, 1.165) is 39.6 Å². The molecule has 0 fully saturated rings. The lowest BCUT2D eigenvalue weighted by Gasteiger charge is -2.08. The van der Waals surface area contributed by atoms with Crippen LogP contribution in [0.3, 0.4) is 0 Å². The third kappa shape index (κ3) is 4.73. The maximum Gasteiger partial charge on any atom is 0.231 e. The number of rotatable bonds is 7. The molecule has 3 aromatic carbocycles. The Morgan fingerprint density at radius 3 is 2.58 bits per heavy atom. The molecule has 0 bridgehead atoms. The summed E-state index contributed by atoms with van der Waals surface area (Å²) < 4.78 is 11.1. The van der Waals surface area contributed by atoms with Crippen molar-refractivity contribution in [1.29, 1.82) is 0 Å². The molecule has 1 aliphatic heterocycles. The summed E-state index contributed by atoms with van der Waals surface area (Å²) in [7, 11) is 1.63. The van der Waals surface area contributed by atoms with Crippen LogP contribution in [-0.2, 0) is 6.61 Å². The Bertz CT molecular complexity index is 1330. The number of hydrogen-bond acceptors (Lipinski definition) is 7. The van der Waals surface area contributed by atoms with Gasteiger partial charge in [-0.05, 0) is 54.1 Å². The summed E-state index contributed by atoms with van der Waals surface area (Å²) in [6.07, 6.45) is 3.68. The minimum atomic E-state index is -0.0261. The van der Waals surface area contributed by atoms with E-state index in [1.54, 1.807) is 13.3 Å². The van der Waals surface area contributed by atoms with Crippen molar-refractivity contribution >= 4 is 45.7 Å². The van der Waals surface area contributed by atoms with Crippen LogP contribution in [0.5, 0.6) is 17.4 Å². The number of methoxy groups -OCH3 is 1. The van der Waals surface area contributed by atoms with Gasteiger partial charge in [-0.2, -0.15) is 4.98 Å². The number of fused-ring (bicyclic) bond motifs is 1. The quantitative estimate of drug-likeness (QED) is 0.336. The molecular formula is C26H21N3O3S. The summed E-state index contributed by atoms with van der Waals surface area (Å²) in [6, 6.07) is 23.4. The third-order valence-corrected chi connectivity index (χ3v) is 6.04. The van der Waals surface area contributed by atoms with Gasteiger partial charge in [-0.25, -0.2) is 0 Å². The maximum absolute atomic E-state index is 10.4. The molecule has 4 aromatic rings. The zero-order chi connectivity index (χ0) is 22.6. The number of ether oxygens (including phenoxy) is 2. The highest BCUT2D eigenvalue weighted by molar-refractivity contribution is 7.16. The van der Waals surface area contributed by atoms with E-state index in [-0.39, 0.29) is 5.88 Å². The lowest BCUT2D eigenvalue weighted by molar-refractivity contribution is 0.306. The first-order chi connectivity index (χ1) is 16.2. The monoisotopic (exact) mass is 455 g/mol. The Hall–Kier alpha value is -4.10. The number of aliphatic imine (C=N–C) groups is 1. The molecule has 0 spiro atoms. The van der Waals surface area contributed by atoms with E-state index in [9.17, 15) is 5.11 Å². The van der Waals surface area contributed by atoms with Gasteiger partial charge < -0.3 is 19.9 Å². The van der Waals surface area contributed by atoms with Crippen LogP contribution < -0.4 is 14.8 Å². The van der Waals surface area contributed by atoms with Gasteiger partial charge >= 0.3 is 0 Å². The fraction of sp³-hybridized carbons (Fsp3) is 0.0769. The van der Waals surface area contributed by atoms with E-state index >= 15 is 0 Å². The van der Waals surface area contributed by atoms with Crippen LogP contribution in [0.15, 0.2) is 77.8 Å². The standard InChI is InChI=1S/C26H21N3O3S/c1-31-20-9-7-19(8-10-20)28-26-29-25(30)24(33-26)13-18-15-27-23-12-11-21(14-22(18)23)32-16-17-5-3-2-4-6-17/h2-15,30H,16H2,1H3,(H,28,29). The van der Waals surface area contributed by atoms with Crippen LogP contribution in [0.1, 0.15) is 16.0 Å². The van der Waals surface area contributed by atoms with E-state index < -0.39 is 0 Å². The van der Waals surface area contributed by atoms with E-state index in [1.807, 2.05) is 78.9 Å². The molecular weight excluding hydrogens is 434 g/mol. The molecule has 0 radical (unpaired) electrons. The molecule has 1 aromatic heterocycles. The number of nitrogens with zero attached hydrogens (tertiary/aromatic N) is 2. The van der Waals surface area contributed by atoms with Crippen LogP contribution in [0, 0.1) is 0 Å². The van der Waals surface area contributed by atoms with Gasteiger partial charge in [-0.15, -0.1) is 0 Å². The fourth-order valence-electron chi connectivity index (χ4n) is 3.42. The summed E-state index contributed by atoms with van der Waals surface area (Å²) in [6.45, 7) is 0.496.